The number of hydrogen-bond acceptors (Lipinski definition) is 5. The van der Waals surface area contributed by atoms with Crippen LogP contribution in [-0.4, -0.2) is 46.5 Å². The maximum Gasteiger partial charge on any atom is 0.407 e. The zero-order valence-corrected chi connectivity index (χ0v) is 20.4. The van der Waals surface area contributed by atoms with Crippen molar-refractivity contribution in [2.75, 3.05) is 18.0 Å². The largest absolute Gasteiger partial charge is 0.477 e. The summed E-state index contributed by atoms with van der Waals surface area (Å²) in [5.41, 5.74) is -2.35. The Kier molecular flexibility index (Phi) is 6.50. The first-order valence-electron chi connectivity index (χ1n) is 12.0. The van der Waals surface area contributed by atoms with Crippen molar-refractivity contribution in [3.63, 3.8) is 0 Å². The zero-order valence-electron chi connectivity index (χ0n) is 20.4. The van der Waals surface area contributed by atoms with Gasteiger partial charge in [-0.25, -0.2) is 18.4 Å². The molecule has 8 nitrogen and oxygen atoms in total. The van der Waals surface area contributed by atoms with Gasteiger partial charge in [0, 0.05) is 31.4 Å². The maximum atomic E-state index is 15.9. The normalized spacial score (nSPS) is 19.1. The number of amides is 1. The Labute approximate surface area is 201 Å². The van der Waals surface area contributed by atoms with Crippen LogP contribution in [0.25, 0.3) is 10.9 Å². The predicted octanol–water partition coefficient (Wildman–Crippen LogP) is 4.44. The first kappa shape index (κ1) is 24.9. The van der Waals surface area contributed by atoms with Crippen molar-refractivity contribution in [2.24, 2.45) is 5.92 Å². The second kappa shape index (κ2) is 9.13. The van der Waals surface area contributed by atoms with Gasteiger partial charge in [0.1, 0.15) is 22.7 Å². The summed E-state index contributed by atoms with van der Waals surface area (Å²) in [6, 6.07) is 0.590. The number of nitrogens with zero attached hydrogens (tertiary/aromatic N) is 2. The van der Waals surface area contributed by atoms with Crippen molar-refractivity contribution in [3.05, 3.63) is 39.7 Å². The van der Waals surface area contributed by atoms with Crippen molar-refractivity contribution >= 4 is 28.7 Å². The second-order valence-corrected chi connectivity index (χ2v) is 10.4. The van der Waals surface area contributed by atoms with Crippen LogP contribution in [0.3, 0.4) is 0 Å². The number of ether oxygens (including phenoxy) is 1. The van der Waals surface area contributed by atoms with Gasteiger partial charge in [0.15, 0.2) is 5.82 Å². The van der Waals surface area contributed by atoms with E-state index in [4.69, 9.17) is 4.74 Å². The topological polar surface area (TPSA) is 101 Å². The lowest BCUT2D eigenvalue weighted by atomic mass is 9.97. The van der Waals surface area contributed by atoms with E-state index in [-0.39, 0.29) is 34.6 Å². The van der Waals surface area contributed by atoms with E-state index in [9.17, 15) is 19.5 Å². The molecule has 2 atom stereocenters. The van der Waals surface area contributed by atoms with E-state index in [1.807, 2.05) is 6.92 Å². The lowest BCUT2D eigenvalue weighted by molar-refractivity contribution is 0.0486. The van der Waals surface area contributed by atoms with Crippen LogP contribution in [-0.2, 0) is 4.74 Å². The molecule has 190 valence electrons. The number of carboxylic acid groups (broad SMARTS) is 1. The number of pyridine rings is 1. The highest BCUT2D eigenvalue weighted by Crippen LogP contribution is 2.40. The summed E-state index contributed by atoms with van der Waals surface area (Å²) in [5.74, 6) is -3.26. The summed E-state index contributed by atoms with van der Waals surface area (Å²) < 4.78 is 37.9. The van der Waals surface area contributed by atoms with Crippen molar-refractivity contribution in [3.8, 4) is 0 Å². The minimum Gasteiger partial charge on any atom is -0.477 e. The average Bonchev–Trinajstić information content (AvgIpc) is 3.49. The molecule has 1 saturated heterocycles. The Bertz CT molecular complexity index is 1230. The summed E-state index contributed by atoms with van der Waals surface area (Å²) in [5, 5.41) is 12.0. The van der Waals surface area contributed by atoms with Crippen LogP contribution in [0.2, 0.25) is 0 Å². The molecule has 2 aromatic rings. The van der Waals surface area contributed by atoms with Crippen LogP contribution in [0.15, 0.2) is 17.1 Å². The Morgan fingerprint density at radius 3 is 2.51 bits per heavy atom. The average molecular weight is 492 g/mol. The van der Waals surface area contributed by atoms with Gasteiger partial charge in [-0.2, -0.15) is 0 Å². The molecule has 35 heavy (non-hydrogen) atoms. The Morgan fingerprint density at radius 2 is 1.94 bits per heavy atom. The fourth-order valence-electron chi connectivity index (χ4n) is 4.85. The van der Waals surface area contributed by atoms with Crippen molar-refractivity contribution in [1.29, 1.82) is 0 Å². The van der Waals surface area contributed by atoms with Gasteiger partial charge in [-0.05, 0) is 58.4 Å². The quantitative estimate of drug-likeness (QED) is 0.620. The Morgan fingerprint density at radius 1 is 1.26 bits per heavy atom. The summed E-state index contributed by atoms with van der Waals surface area (Å²) in [4.78, 5) is 38.1. The maximum absolute atomic E-state index is 15.9. The molecule has 0 radical (unpaired) electrons. The van der Waals surface area contributed by atoms with Crippen molar-refractivity contribution < 1.29 is 28.2 Å². The smallest absolute Gasteiger partial charge is 0.407 e. The number of aromatic carboxylic acids is 1. The van der Waals surface area contributed by atoms with Crippen molar-refractivity contribution in [2.45, 2.75) is 71.1 Å². The molecule has 2 N–H and O–H groups in total. The number of aromatic nitrogens is 1. The molecule has 0 spiro atoms. The number of anilines is 1. The summed E-state index contributed by atoms with van der Waals surface area (Å²) in [6.07, 6.45) is 3.32. The summed E-state index contributed by atoms with van der Waals surface area (Å²) >= 11 is 0. The number of nitrogens with one attached hydrogen (secondary N) is 1. The summed E-state index contributed by atoms with van der Waals surface area (Å²) in [7, 11) is 0. The van der Waals surface area contributed by atoms with Crippen LogP contribution in [0.4, 0.5) is 19.3 Å². The van der Waals surface area contributed by atoms with E-state index < -0.39 is 40.3 Å². The number of carbonyl (C=O) groups excluding carboxylic acids is 1. The number of benzene rings is 1. The van der Waals surface area contributed by atoms with Crippen molar-refractivity contribution in [1.82, 2.24) is 9.88 Å². The monoisotopic (exact) mass is 491 g/mol. The molecule has 2 fully saturated rings. The Balaban J connectivity index is 1.66. The molecular formula is C25H31F2N3O5. The number of carbonyl (C=O) groups is 2. The number of halogens is 2. The zero-order chi connectivity index (χ0) is 25.7. The van der Waals surface area contributed by atoms with E-state index in [2.05, 4.69) is 5.32 Å². The van der Waals surface area contributed by atoms with E-state index in [1.54, 1.807) is 25.7 Å². The highest BCUT2D eigenvalue weighted by atomic mass is 19.1. The molecule has 0 bridgehead atoms. The van der Waals surface area contributed by atoms with Gasteiger partial charge in [-0.3, -0.25) is 4.79 Å². The first-order chi connectivity index (χ1) is 16.4. The van der Waals surface area contributed by atoms with Crippen LogP contribution in [0.5, 0.6) is 0 Å². The van der Waals surface area contributed by atoms with Gasteiger partial charge in [0.2, 0.25) is 5.43 Å². The van der Waals surface area contributed by atoms with Gasteiger partial charge >= 0.3 is 12.1 Å². The fraction of sp³-hybridized carbons (Fsp3) is 0.560. The van der Waals surface area contributed by atoms with E-state index >= 15 is 8.78 Å². The molecule has 1 saturated carbocycles. The molecule has 2 heterocycles. The molecule has 2 aliphatic rings. The SMILES string of the molecule is CC[C@H](NC(=O)OC(C)(C)C)[C@H]1CCN(c2c(F)cc3c(=O)c(C(=O)O)cn(C4CC4)c3c2F)C1. The van der Waals surface area contributed by atoms with Gasteiger partial charge in [0.05, 0.1) is 10.9 Å². The number of fused-ring (bicyclic) bond motifs is 1. The number of hydrogen-bond donors (Lipinski definition) is 2. The fourth-order valence-corrected chi connectivity index (χ4v) is 4.85. The number of rotatable bonds is 6. The molecule has 10 heteroatoms. The highest BCUT2D eigenvalue weighted by Gasteiger charge is 2.35. The van der Waals surface area contributed by atoms with Crippen LogP contribution in [0.1, 0.15) is 69.8 Å². The molecule has 1 aliphatic carbocycles. The molecule has 1 aromatic carbocycles. The minimum absolute atomic E-state index is 0.0537. The van der Waals surface area contributed by atoms with E-state index in [0.29, 0.717) is 25.9 Å². The minimum atomic E-state index is -1.43. The third-order valence-corrected chi connectivity index (χ3v) is 6.61. The lowest BCUT2D eigenvalue weighted by Gasteiger charge is -2.27. The van der Waals surface area contributed by atoms with Gasteiger partial charge in [0.25, 0.3) is 0 Å². The second-order valence-electron chi connectivity index (χ2n) is 10.4. The third-order valence-electron chi connectivity index (χ3n) is 6.61. The highest BCUT2D eigenvalue weighted by molar-refractivity contribution is 5.94. The van der Waals surface area contributed by atoms with E-state index in [1.165, 1.54) is 10.8 Å². The molecule has 1 amide bonds. The number of carboxylic acids is 1. The number of alkyl carbamates (subject to hydrolysis) is 1. The third kappa shape index (κ3) is 4.97. The van der Waals surface area contributed by atoms with E-state index in [0.717, 1.165) is 18.9 Å². The standard InChI is InChI=1S/C25H31F2N3O5/c1-5-18(28-24(34)35-25(2,3)4)13-8-9-29(11-13)21-17(26)10-15-20(19(21)27)30(14-6-7-14)12-16(22(15)31)23(32)33/h10,12-14,18H,5-9,11H2,1-4H3,(H,28,34)(H,32,33)/t13-,18-/m0/s1. The summed E-state index contributed by atoms with van der Waals surface area (Å²) in [6.45, 7) is 7.94. The molecule has 1 aliphatic heterocycles. The molecule has 1 aromatic heterocycles. The molecule has 4 rings (SSSR count). The Hall–Kier alpha value is -3.17. The van der Waals surface area contributed by atoms with Gasteiger partial charge in [-0.1, -0.05) is 6.92 Å². The van der Waals surface area contributed by atoms with Crippen LogP contribution in [0, 0.1) is 17.6 Å². The molecular weight excluding hydrogens is 460 g/mol. The predicted molar refractivity (Wildman–Crippen MR) is 127 cm³/mol. The van der Waals surface area contributed by atoms with Gasteiger partial charge < -0.3 is 24.6 Å². The van der Waals surface area contributed by atoms with Gasteiger partial charge in [-0.15, -0.1) is 0 Å². The molecule has 0 unspecified atom stereocenters. The lowest BCUT2D eigenvalue weighted by Crippen LogP contribution is -2.43. The van der Waals surface area contributed by atoms with Crippen LogP contribution < -0.4 is 15.6 Å². The van der Waals surface area contributed by atoms with Crippen LogP contribution >= 0.6 is 0 Å². The first-order valence-corrected chi connectivity index (χ1v) is 12.0.